The van der Waals surface area contributed by atoms with Crippen LogP contribution in [0, 0.1) is 0 Å². The fraction of sp³-hybridized carbons (Fsp3) is 0.231. The van der Waals surface area contributed by atoms with Crippen LogP contribution >= 0.6 is 11.3 Å². The highest BCUT2D eigenvalue weighted by atomic mass is 32.1. The van der Waals surface area contributed by atoms with E-state index in [1.165, 1.54) is 10.4 Å². The number of fused-ring (bicyclic) bond motifs is 2. The number of benzene rings is 1. The average Bonchev–Trinajstić information content (AvgIpc) is 3.04. The van der Waals surface area contributed by atoms with Crippen LogP contribution in [-0.4, -0.2) is 21.5 Å². The molecule has 0 fully saturated rings. The summed E-state index contributed by atoms with van der Waals surface area (Å²) in [4.78, 5) is 12.4. The quantitative estimate of drug-likeness (QED) is 0.702. The lowest BCUT2D eigenvalue weighted by atomic mass is 10.1. The first-order valence-corrected chi connectivity index (χ1v) is 6.84. The van der Waals surface area contributed by atoms with Gasteiger partial charge in [0, 0.05) is 18.7 Å². The third-order valence-electron chi connectivity index (χ3n) is 3.31. The molecule has 4 nitrogen and oxygen atoms in total. The van der Waals surface area contributed by atoms with Crippen LogP contribution in [0.4, 0.5) is 0 Å². The lowest BCUT2D eigenvalue weighted by Crippen LogP contribution is -2.30. The highest BCUT2D eigenvalue weighted by Gasteiger charge is 2.26. The molecule has 0 radical (unpaired) electrons. The van der Waals surface area contributed by atoms with Crippen LogP contribution in [0.5, 0.6) is 0 Å². The second-order valence-electron chi connectivity index (χ2n) is 4.42. The highest BCUT2D eigenvalue weighted by Crippen LogP contribution is 2.32. The zero-order valence-corrected chi connectivity index (χ0v) is 10.5. The Kier molecular flexibility index (Phi) is 2.21. The molecule has 18 heavy (non-hydrogen) atoms. The van der Waals surface area contributed by atoms with Crippen LogP contribution in [0.1, 0.15) is 22.4 Å². The summed E-state index contributed by atoms with van der Waals surface area (Å²) in [6.45, 7) is 0.968. The van der Waals surface area contributed by atoms with Crippen molar-refractivity contribution >= 4 is 21.6 Å². The number of hydrogen-bond donors (Lipinski definition) is 2. The Morgan fingerprint density at radius 1 is 1.28 bits per heavy atom. The second kappa shape index (κ2) is 3.90. The first kappa shape index (κ1) is 10.2. The van der Waals surface area contributed by atoms with E-state index in [1.807, 2.05) is 6.07 Å². The SMILES string of the molecule is c1ccc2sc(C3NCCc4[nH]cnc43)nc2c1. The van der Waals surface area contributed by atoms with E-state index >= 15 is 0 Å². The minimum absolute atomic E-state index is 0.136. The summed E-state index contributed by atoms with van der Waals surface area (Å²) < 4.78 is 1.23. The number of H-pyrrole nitrogens is 1. The Labute approximate surface area is 108 Å². The largest absolute Gasteiger partial charge is 0.348 e. The molecule has 0 saturated carbocycles. The van der Waals surface area contributed by atoms with Crippen LogP contribution in [0.25, 0.3) is 10.2 Å². The first-order chi connectivity index (χ1) is 8.92. The molecule has 0 spiro atoms. The summed E-state index contributed by atoms with van der Waals surface area (Å²) in [5.41, 5.74) is 3.40. The zero-order chi connectivity index (χ0) is 11.9. The maximum absolute atomic E-state index is 4.72. The smallest absolute Gasteiger partial charge is 0.117 e. The second-order valence-corrected chi connectivity index (χ2v) is 5.49. The molecule has 1 aromatic carbocycles. The van der Waals surface area contributed by atoms with Crippen LogP contribution in [0.15, 0.2) is 30.6 Å². The highest BCUT2D eigenvalue weighted by molar-refractivity contribution is 7.18. The van der Waals surface area contributed by atoms with Gasteiger partial charge in [0.1, 0.15) is 11.0 Å². The first-order valence-electron chi connectivity index (χ1n) is 6.03. The third-order valence-corrected chi connectivity index (χ3v) is 4.41. The predicted molar refractivity (Wildman–Crippen MR) is 71.8 cm³/mol. The molecule has 90 valence electrons. The average molecular weight is 256 g/mol. The summed E-state index contributed by atoms with van der Waals surface area (Å²) in [6.07, 6.45) is 2.79. The van der Waals surface area contributed by atoms with Crippen molar-refractivity contribution in [3.05, 3.63) is 47.0 Å². The molecule has 1 atom stereocenters. The van der Waals surface area contributed by atoms with E-state index in [0.717, 1.165) is 29.2 Å². The minimum atomic E-state index is 0.136. The summed E-state index contributed by atoms with van der Waals surface area (Å²) in [5, 5.41) is 4.61. The van der Waals surface area contributed by atoms with Crippen molar-refractivity contribution < 1.29 is 0 Å². The zero-order valence-electron chi connectivity index (χ0n) is 9.68. The van der Waals surface area contributed by atoms with Gasteiger partial charge in [-0.3, -0.25) is 0 Å². The molecule has 1 aliphatic heterocycles. The van der Waals surface area contributed by atoms with Crippen molar-refractivity contribution in [3.63, 3.8) is 0 Å². The van der Waals surface area contributed by atoms with Gasteiger partial charge < -0.3 is 10.3 Å². The Morgan fingerprint density at radius 2 is 2.22 bits per heavy atom. The van der Waals surface area contributed by atoms with E-state index in [9.17, 15) is 0 Å². The molecule has 0 aliphatic carbocycles. The van der Waals surface area contributed by atoms with Gasteiger partial charge in [-0.15, -0.1) is 11.3 Å². The van der Waals surface area contributed by atoms with Gasteiger partial charge in [-0.25, -0.2) is 9.97 Å². The van der Waals surface area contributed by atoms with Crippen LogP contribution < -0.4 is 5.32 Å². The molecular formula is C13H12N4S. The van der Waals surface area contributed by atoms with E-state index in [-0.39, 0.29) is 6.04 Å². The molecule has 1 aliphatic rings. The number of aromatic nitrogens is 3. The van der Waals surface area contributed by atoms with Gasteiger partial charge in [0.05, 0.1) is 22.2 Å². The lowest BCUT2D eigenvalue weighted by Gasteiger charge is -2.20. The Hall–Kier alpha value is -1.72. The maximum atomic E-state index is 4.72. The van der Waals surface area contributed by atoms with Crippen molar-refractivity contribution in [3.8, 4) is 0 Å². The fourth-order valence-electron chi connectivity index (χ4n) is 2.44. The van der Waals surface area contributed by atoms with E-state index in [0.29, 0.717) is 0 Å². The molecule has 4 rings (SSSR count). The number of nitrogens with zero attached hydrogens (tertiary/aromatic N) is 2. The van der Waals surface area contributed by atoms with Gasteiger partial charge in [0.25, 0.3) is 0 Å². The topological polar surface area (TPSA) is 53.6 Å². The summed E-state index contributed by atoms with van der Waals surface area (Å²) in [6, 6.07) is 8.39. The standard InChI is InChI=1S/C13H12N4S/c1-2-4-10-8(3-1)17-13(18-10)12-11-9(5-6-14-12)15-7-16-11/h1-4,7,12,14H,5-6H2,(H,15,16). The van der Waals surface area contributed by atoms with Crippen molar-refractivity contribution in [2.75, 3.05) is 6.54 Å². The number of para-hydroxylation sites is 1. The summed E-state index contributed by atoms with van der Waals surface area (Å²) in [7, 11) is 0. The maximum Gasteiger partial charge on any atom is 0.117 e. The Balaban J connectivity index is 1.84. The number of nitrogens with one attached hydrogen (secondary N) is 2. The molecule has 3 aromatic rings. The van der Waals surface area contributed by atoms with Gasteiger partial charge in [-0.1, -0.05) is 12.1 Å². The van der Waals surface area contributed by atoms with Crippen molar-refractivity contribution in [2.45, 2.75) is 12.5 Å². The number of imidazole rings is 1. The Morgan fingerprint density at radius 3 is 3.17 bits per heavy atom. The summed E-state index contributed by atoms with van der Waals surface area (Å²) in [5.74, 6) is 0. The van der Waals surface area contributed by atoms with Gasteiger partial charge in [-0.05, 0) is 12.1 Å². The lowest BCUT2D eigenvalue weighted by molar-refractivity contribution is 0.552. The van der Waals surface area contributed by atoms with E-state index < -0.39 is 0 Å². The van der Waals surface area contributed by atoms with E-state index in [2.05, 4.69) is 33.5 Å². The number of hydrogen-bond acceptors (Lipinski definition) is 4. The van der Waals surface area contributed by atoms with E-state index in [1.54, 1.807) is 17.7 Å². The molecule has 0 bridgehead atoms. The molecule has 3 heterocycles. The number of thiazole rings is 1. The normalized spacial score (nSPS) is 19.0. The fourth-order valence-corrected chi connectivity index (χ4v) is 3.48. The molecule has 1 unspecified atom stereocenters. The van der Waals surface area contributed by atoms with Crippen LogP contribution in [0.3, 0.4) is 0 Å². The van der Waals surface area contributed by atoms with E-state index in [4.69, 9.17) is 4.98 Å². The van der Waals surface area contributed by atoms with Crippen molar-refractivity contribution in [2.24, 2.45) is 0 Å². The van der Waals surface area contributed by atoms with Gasteiger partial charge in [0.15, 0.2) is 0 Å². The minimum Gasteiger partial charge on any atom is -0.348 e. The molecular weight excluding hydrogens is 244 g/mol. The van der Waals surface area contributed by atoms with Gasteiger partial charge >= 0.3 is 0 Å². The van der Waals surface area contributed by atoms with Gasteiger partial charge in [0.2, 0.25) is 0 Å². The molecule has 2 N–H and O–H groups in total. The predicted octanol–water partition coefficient (Wildman–Crippen LogP) is 2.25. The third kappa shape index (κ3) is 1.48. The van der Waals surface area contributed by atoms with Crippen LogP contribution in [0.2, 0.25) is 0 Å². The van der Waals surface area contributed by atoms with Crippen LogP contribution in [-0.2, 0) is 6.42 Å². The van der Waals surface area contributed by atoms with Gasteiger partial charge in [-0.2, -0.15) is 0 Å². The van der Waals surface area contributed by atoms with Crippen molar-refractivity contribution in [1.82, 2.24) is 20.3 Å². The molecule has 5 heteroatoms. The molecule has 0 amide bonds. The monoisotopic (exact) mass is 256 g/mol. The molecule has 0 saturated heterocycles. The number of aromatic amines is 1. The number of rotatable bonds is 1. The van der Waals surface area contributed by atoms with Crippen molar-refractivity contribution in [1.29, 1.82) is 0 Å². The molecule has 2 aromatic heterocycles. The summed E-state index contributed by atoms with van der Waals surface area (Å²) >= 11 is 1.74. The Bertz CT molecular complexity index is 667.